The number of halogens is 2. The average molecular weight is 366 g/mol. The van der Waals surface area contributed by atoms with Crippen LogP contribution in [0.4, 0.5) is 10.1 Å². The quantitative estimate of drug-likeness (QED) is 0.794. The number of benzene rings is 2. The van der Waals surface area contributed by atoms with Crippen LogP contribution in [0.2, 0.25) is 5.02 Å². The van der Waals surface area contributed by atoms with Crippen molar-refractivity contribution in [1.82, 2.24) is 0 Å². The Hall–Kier alpha value is -2.60. The summed E-state index contributed by atoms with van der Waals surface area (Å²) in [7, 11) is 1.50. The highest BCUT2D eigenvalue weighted by Gasteiger charge is 2.20. The second-order valence-electron chi connectivity index (χ2n) is 5.23. The molecule has 2 rings (SSSR count). The van der Waals surface area contributed by atoms with Crippen molar-refractivity contribution in [1.29, 1.82) is 0 Å². The van der Waals surface area contributed by atoms with Crippen molar-refractivity contribution in [3.05, 3.63) is 58.9 Å². The number of rotatable bonds is 6. The third-order valence-electron chi connectivity index (χ3n) is 3.39. The zero-order valence-electron chi connectivity index (χ0n) is 13.7. The number of carbonyl (C=O) groups is 2. The normalized spacial score (nSPS) is 11.5. The Bertz CT molecular complexity index is 781. The second kappa shape index (κ2) is 8.48. The van der Waals surface area contributed by atoms with E-state index >= 15 is 0 Å². The first-order valence-electron chi connectivity index (χ1n) is 7.48. The Labute approximate surface area is 149 Å². The molecular weight excluding hydrogens is 349 g/mol. The highest BCUT2D eigenvalue weighted by atomic mass is 35.5. The molecule has 0 heterocycles. The van der Waals surface area contributed by atoms with Crippen LogP contribution >= 0.6 is 11.6 Å². The third-order valence-corrected chi connectivity index (χ3v) is 3.63. The molecule has 0 radical (unpaired) electrons. The molecule has 2 aromatic carbocycles. The zero-order valence-corrected chi connectivity index (χ0v) is 14.5. The molecule has 132 valence electrons. The van der Waals surface area contributed by atoms with E-state index in [1.165, 1.54) is 26.2 Å². The lowest BCUT2D eigenvalue weighted by molar-refractivity contribution is -0.152. The molecule has 0 aliphatic rings. The molecule has 0 aliphatic carbocycles. The first-order chi connectivity index (χ1) is 11.9. The van der Waals surface area contributed by atoms with Crippen LogP contribution in [0.3, 0.4) is 0 Å². The number of ether oxygens (including phenoxy) is 2. The summed E-state index contributed by atoms with van der Waals surface area (Å²) in [5, 5.41) is 2.57. The van der Waals surface area contributed by atoms with Crippen LogP contribution in [0.5, 0.6) is 5.75 Å². The molecule has 1 amide bonds. The molecule has 0 saturated carbocycles. The third kappa shape index (κ3) is 5.19. The second-order valence-corrected chi connectivity index (χ2v) is 5.67. The number of methoxy groups -OCH3 is 1. The lowest BCUT2D eigenvalue weighted by atomic mass is 10.1. The molecule has 0 fully saturated rings. The highest BCUT2D eigenvalue weighted by Crippen LogP contribution is 2.20. The number of hydrogen-bond donors (Lipinski definition) is 1. The van der Waals surface area contributed by atoms with E-state index in [-0.39, 0.29) is 17.1 Å². The summed E-state index contributed by atoms with van der Waals surface area (Å²) in [6.07, 6.45) is -1.13. The molecule has 0 aliphatic heterocycles. The Morgan fingerprint density at radius 1 is 1.24 bits per heavy atom. The van der Waals surface area contributed by atoms with Gasteiger partial charge in [0.05, 0.1) is 19.2 Å². The number of hydrogen-bond acceptors (Lipinski definition) is 4. The molecule has 0 saturated heterocycles. The summed E-state index contributed by atoms with van der Waals surface area (Å²) >= 11 is 5.65. The molecule has 7 heteroatoms. The molecule has 0 bridgehead atoms. The maximum atomic E-state index is 13.7. The van der Waals surface area contributed by atoms with Gasteiger partial charge in [0.2, 0.25) is 0 Å². The largest absolute Gasteiger partial charge is 0.496 e. The van der Waals surface area contributed by atoms with Crippen LogP contribution in [0.15, 0.2) is 42.5 Å². The summed E-state index contributed by atoms with van der Waals surface area (Å²) in [4.78, 5) is 24.1. The van der Waals surface area contributed by atoms with E-state index in [9.17, 15) is 14.0 Å². The van der Waals surface area contributed by atoms with Gasteiger partial charge in [-0.05, 0) is 31.2 Å². The van der Waals surface area contributed by atoms with Crippen LogP contribution in [0, 0.1) is 5.82 Å². The summed E-state index contributed by atoms with van der Waals surface area (Å²) in [5.74, 6) is -1.36. The SMILES string of the molecule is COc1ccccc1CC(=O)OC(C)C(=O)Nc1ccc(Cl)cc1F. The van der Waals surface area contributed by atoms with Gasteiger partial charge in [0, 0.05) is 10.6 Å². The van der Waals surface area contributed by atoms with Crippen molar-refractivity contribution in [2.75, 3.05) is 12.4 Å². The van der Waals surface area contributed by atoms with Gasteiger partial charge in [0.15, 0.2) is 6.10 Å². The van der Waals surface area contributed by atoms with E-state index in [4.69, 9.17) is 21.1 Å². The average Bonchev–Trinajstić information content (AvgIpc) is 2.57. The van der Waals surface area contributed by atoms with E-state index < -0.39 is 23.8 Å². The highest BCUT2D eigenvalue weighted by molar-refractivity contribution is 6.30. The number of carbonyl (C=O) groups excluding carboxylic acids is 2. The number of para-hydroxylation sites is 1. The fraction of sp³-hybridized carbons (Fsp3) is 0.222. The molecule has 0 spiro atoms. The van der Waals surface area contributed by atoms with Crippen LogP contribution in [-0.4, -0.2) is 25.1 Å². The maximum absolute atomic E-state index is 13.7. The predicted molar refractivity (Wildman–Crippen MR) is 92.3 cm³/mol. The Morgan fingerprint density at radius 3 is 2.64 bits per heavy atom. The van der Waals surface area contributed by atoms with E-state index in [1.807, 2.05) is 0 Å². The molecule has 1 atom stereocenters. The van der Waals surface area contributed by atoms with Gasteiger partial charge in [-0.1, -0.05) is 29.8 Å². The molecule has 1 N–H and O–H groups in total. The van der Waals surface area contributed by atoms with Crippen LogP contribution < -0.4 is 10.1 Å². The molecule has 2 aromatic rings. The van der Waals surface area contributed by atoms with Gasteiger partial charge in [0.1, 0.15) is 11.6 Å². The van der Waals surface area contributed by atoms with Gasteiger partial charge in [0.25, 0.3) is 5.91 Å². The maximum Gasteiger partial charge on any atom is 0.311 e. The van der Waals surface area contributed by atoms with E-state index in [0.717, 1.165) is 6.07 Å². The fourth-order valence-electron chi connectivity index (χ4n) is 2.12. The molecule has 0 aromatic heterocycles. The van der Waals surface area contributed by atoms with Gasteiger partial charge in [-0.3, -0.25) is 9.59 Å². The monoisotopic (exact) mass is 365 g/mol. The summed E-state index contributed by atoms with van der Waals surface area (Å²) in [6, 6.07) is 10.9. The summed E-state index contributed by atoms with van der Waals surface area (Å²) in [6.45, 7) is 1.41. The Morgan fingerprint density at radius 2 is 1.96 bits per heavy atom. The van der Waals surface area contributed by atoms with Crippen molar-refractivity contribution in [3.63, 3.8) is 0 Å². The first-order valence-corrected chi connectivity index (χ1v) is 7.85. The topological polar surface area (TPSA) is 64.6 Å². The lowest BCUT2D eigenvalue weighted by Gasteiger charge is -2.14. The van der Waals surface area contributed by atoms with Gasteiger partial charge in [-0.15, -0.1) is 0 Å². The van der Waals surface area contributed by atoms with E-state index in [0.29, 0.717) is 11.3 Å². The van der Waals surface area contributed by atoms with Crippen molar-refractivity contribution in [2.24, 2.45) is 0 Å². The minimum absolute atomic E-state index is 0.0398. The zero-order chi connectivity index (χ0) is 18.4. The Kier molecular flexibility index (Phi) is 6.36. The van der Waals surface area contributed by atoms with Crippen LogP contribution in [-0.2, 0) is 20.7 Å². The smallest absolute Gasteiger partial charge is 0.311 e. The lowest BCUT2D eigenvalue weighted by Crippen LogP contribution is -2.30. The number of amides is 1. The van der Waals surface area contributed by atoms with Crippen LogP contribution in [0.25, 0.3) is 0 Å². The van der Waals surface area contributed by atoms with Crippen molar-refractivity contribution >= 4 is 29.2 Å². The van der Waals surface area contributed by atoms with E-state index in [2.05, 4.69) is 5.32 Å². The van der Waals surface area contributed by atoms with Gasteiger partial charge < -0.3 is 14.8 Å². The standard InChI is InChI=1S/C18H17ClFNO4/c1-11(18(23)21-15-8-7-13(19)10-14(15)20)25-17(22)9-12-5-3-4-6-16(12)24-2/h3-8,10-11H,9H2,1-2H3,(H,21,23). The predicted octanol–water partition coefficient (Wildman–Crippen LogP) is 3.60. The van der Waals surface area contributed by atoms with Crippen LogP contribution in [0.1, 0.15) is 12.5 Å². The fourth-order valence-corrected chi connectivity index (χ4v) is 2.28. The minimum atomic E-state index is -1.09. The van der Waals surface area contributed by atoms with Crippen molar-refractivity contribution in [2.45, 2.75) is 19.4 Å². The van der Waals surface area contributed by atoms with E-state index in [1.54, 1.807) is 24.3 Å². The Balaban J connectivity index is 1.95. The summed E-state index contributed by atoms with van der Waals surface area (Å²) in [5.41, 5.74) is 0.605. The van der Waals surface area contributed by atoms with Crippen molar-refractivity contribution < 1.29 is 23.5 Å². The summed E-state index contributed by atoms with van der Waals surface area (Å²) < 4.78 is 23.9. The van der Waals surface area contributed by atoms with Crippen molar-refractivity contribution in [3.8, 4) is 5.75 Å². The molecule has 5 nitrogen and oxygen atoms in total. The number of nitrogens with one attached hydrogen (secondary N) is 1. The first kappa shape index (κ1) is 18.7. The molecule has 25 heavy (non-hydrogen) atoms. The molecule has 1 unspecified atom stereocenters. The number of esters is 1. The molecular formula is C18H17ClFNO4. The number of anilines is 1. The van der Waals surface area contributed by atoms with Gasteiger partial charge in [-0.25, -0.2) is 4.39 Å². The minimum Gasteiger partial charge on any atom is -0.496 e. The van der Waals surface area contributed by atoms with Gasteiger partial charge in [-0.2, -0.15) is 0 Å². The van der Waals surface area contributed by atoms with Gasteiger partial charge >= 0.3 is 5.97 Å².